The summed E-state index contributed by atoms with van der Waals surface area (Å²) in [5, 5.41) is 11.6. The number of benzene rings is 2. The largest absolute Gasteiger partial charge is 0.378 e. The first-order valence-corrected chi connectivity index (χ1v) is 9.02. The van der Waals surface area contributed by atoms with Crippen molar-refractivity contribution in [2.24, 2.45) is 0 Å². The zero-order valence-electron chi connectivity index (χ0n) is 15.8. The Morgan fingerprint density at radius 3 is 2.46 bits per heavy atom. The van der Waals surface area contributed by atoms with Gasteiger partial charge < -0.3 is 14.5 Å². The molecule has 2 aromatic carbocycles. The Labute approximate surface area is 162 Å². The van der Waals surface area contributed by atoms with E-state index in [0.717, 1.165) is 5.56 Å². The minimum atomic E-state index is -0.467. The summed E-state index contributed by atoms with van der Waals surface area (Å²) in [6.45, 7) is 3.97. The smallest absolute Gasteiger partial charge is 0.293 e. The second-order valence-electron chi connectivity index (χ2n) is 6.70. The third-order valence-electron chi connectivity index (χ3n) is 5.02. The zero-order chi connectivity index (χ0) is 20.3. The molecule has 0 bridgehead atoms. The molecule has 0 saturated carbocycles. The standard InChI is InChI=1S/C20H22FN3O4/c1-14(15-3-6-17(21)7-4-15)22(2)20(25)16-5-8-18(19(13-16)24(26)27)23-9-11-28-12-10-23/h3-8,13-14H,9-12H2,1-2H3. The van der Waals surface area contributed by atoms with E-state index in [4.69, 9.17) is 4.74 Å². The molecule has 0 spiro atoms. The van der Waals surface area contributed by atoms with Crippen molar-refractivity contribution in [3.8, 4) is 0 Å². The Morgan fingerprint density at radius 1 is 1.21 bits per heavy atom. The van der Waals surface area contributed by atoms with Gasteiger partial charge in [-0.15, -0.1) is 0 Å². The van der Waals surface area contributed by atoms with Crippen LogP contribution in [0.1, 0.15) is 28.9 Å². The summed E-state index contributed by atoms with van der Waals surface area (Å²) in [6, 6.07) is 10.1. The second kappa shape index (κ2) is 8.35. The monoisotopic (exact) mass is 387 g/mol. The molecule has 1 unspecified atom stereocenters. The summed E-state index contributed by atoms with van der Waals surface area (Å²) in [4.78, 5) is 27.4. The van der Waals surface area contributed by atoms with Crippen molar-refractivity contribution in [2.75, 3.05) is 38.3 Å². The SMILES string of the molecule is CC(c1ccc(F)cc1)N(C)C(=O)c1ccc(N2CCOCC2)c([N+](=O)[O-])c1. The van der Waals surface area contributed by atoms with E-state index in [1.54, 1.807) is 31.3 Å². The van der Waals surface area contributed by atoms with E-state index in [2.05, 4.69) is 0 Å². The minimum Gasteiger partial charge on any atom is -0.378 e. The summed E-state index contributed by atoms with van der Waals surface area (Å²) < 4.78 is 18.4. The number of ether oxygens (including phenoxy) is 1. The maximum atomic E-state index is 13.1. The number of carbonyl (C=O) groups excluding carboxylic acids is 1. The fourth-order valence-electron chi connectivity index (χ4n) is 3.22. The van der Waals surface area contributed by atoms with Crippen LogP contribution in [0.25, 0.3) is 0 Å². The van der Waals surface area contributed by atoms with Crippen molar-refractivity contribution < 1.29 is 18.8 Å². The van der Waals surface area contributed by atoms with Crippen LogP contribution in [0.2, 0.25) is 0 Å². The number of hydrogen-bond donors (Lipinski definition) is 0. The van der Waals surface area contributed by atoms with Crippen LogP contribution in [0.3, 0.4) is 0 Å². The Bertz CT molecular complexity index is 866. The highest BCUT2D eigenvalue weighted by Gasteiger charge is 2.25. The summed E-state index contributed by atoms with van der Waals surface area (Å²) in [7, 11) is 1.62. The van der Waals surface area contributed by atoms with Gasteiger partial charge >= 0.3 is 0 Å². The maximum Gasteiger partial charge on any atom is 0.293 e. The molecule has 1 aliphatic heterocycles. The number of nitro benzene ring substituents is 1. The molecule has 0 aromatic heterocycles. The molecule has 0 N–H and O–H groups in total. The van der Waals surface area contributed by atoms with Gasteiger partial charge in [0.2, 0.25) is 0 Å². The van der Waals surface area contributed by atoms with Gasteiger partial charge in [0, 0.05) is 31.8 Å². The number of carbonyl (C=O) groups is 1. The molecule has 0 aliphatic carbocycles. The van der Waals surface area contributed by atoms with Gasteiger partial charge in [0.05, 0.1) is 24.2 Å². The average molecular weight is 387 g/mol. The Hall–Kier alpha value is -3.00. The van der Waals surface area contributed by atoms with Crippen LogP contribution in [0, 0.1) is 15.9 Å². The predicted octanol–water partition coefficient (Wildman–Crippen LogP) is 3.40. The summed E-state index contributed by atoms with van der Waals surface area (Å²) in [6.07, 6.45) is 0. The van der Waals surface area contributed by atoms with Crippen LogP contribution in [0.4, 0.5) is 15.8 Å². The molecule has 1 atom stereocenters. The highest BCUT2D eigenvalue weighted by Crippen LogP contribution is 2.31. The number of rotatable bonds is 5. The number of amides is 1. The van der Waals surface area contributed by atoms with Gasteiger partial charge in [-0.25, -0.2) is 4.39 Å². The van der Waals surface area contributed by atoms with Crippen molar-refractivity contribution in [1.29, 1.82) is 0 Å². The van der Waals surface area contributed by atoms with Gasteiger partial charge in [-0.3, -0.25) is 14.9 Å². The highest BCUT2D eigenvalue weighted by atomic mass is 19.1. The van der Waals surface area contributed by atoms with E-state index < -0.39 is 4.92 Å². The van der Waals surface area contributed by atoms with Gasteiger partial charge in [-0.1, -0.05) is 12.1 Å². The van der Waals surface area contributed by atoms with Crippen molar-refractivity contribution in [3.63, 3.8) is 0 Å². The van der Waals surface area contributed by atoms with Crippen molar-refractivity contribution in [1.82, 2.24) is 4.90 Å². The lowest BCUT2D eigenvalue weighted by Gasteiger charge is -2.29. The Morgan fingerprint density at radius 2 is 1.86 bits per heavy atom. The molecule has 1 amide bonds. The minimum absolute atomic E-state index is 0.101. The lowest BCUT2D eigenvalue weighted by atomic mass is 10.1. The molecule has 7 nitrogen and oxygen atoms in total. The Balaban J connectivity index is 1.85. The second-order valence-corrected chi connectivity index (χ2v) is 6.70. The Kier molecular flexibility index (Phi) is 5.89. The first kappa shape index (κ1) is 19.8. The third kappa shape index (κ3) is 4.12. The molecular weight excluding hydrogens is 365 g/mol. The molecule has 148 valence electrons. The lowest BCUT2D eigenvalue weighted by molar-refractivity contribution is -0.384. The molecule has 2 aromatic rings. The summed E-state index contributed by atoms with van der Waals surface area (Å²) >= 11 is 0. The number of anilines is 1. The van der Waals surface area contributed by atoms with E-state index in [9.17, 15) is 19.3 Å². The molecule has 8 heteroatoms. The van der Waals surface area contributed by atoms with E-state index in [1.807, 2.05) is 11.8 Å². The molecule has 1 heterocycles. The summed E-state index contributed by atoms with van der Waals surface area (Å²) in [5.41, 5.74) is 1.39. The van der Waals surface area contributed by atoms with Crippen molar-refractivity contribution in [2.45, 2.75) is 13.0 Å². The lowest BCUT2D eigenvalue weighted by Crippen LogP contribution is -2.36. The number of nitrogens with zero attached hydrogens (tertiary/aromatic N) is 3. The number of nitro groups is 1. The van der Waals surface area contributed by atoms with E-state index in [0.29, 0.717) is 32.0 Å². The van der Waals surface area contributed by atoms with Crippen molar-refractivity contribution in [3.05, 3.63) is 69.5 Å². The van der Waals surface area contributed by atoms with Crippen LogP contribution >= 0.6 is 0 Å². The third-order valence-corrected chi connectivity index (χ3v) is 5.02. The van der Waals surface area contributed by atoms with Crippen LogP contribution in [0.15, 0.2) is 42.5 Å². The number of morpholine rings is 1. The van der Waals surface area contributed by atoms with Gasteiger partial charge in [0.1, 0.15) is 11.5 Å². The molecule has 1 fully saturated rings. The van der Waals surface area contributed by atoms with Crippen molar-refractivity contribution >= 4 is 17.3 Å². The molecule has 0 radical (unpaired) electrons. The van der Waals surface area contributed by atoms with E-state index in [1.165, 1.54) is 23.1 Å². The molecular formula is C20H22FN3O4. The first-order valence-electron chi connectivity index (χ1n) is 9.02. The number of hydrogen-bond acceptors (Lipinski definition) is 5. The van der Waals surface area contributed by atoms with Gasteiger partial charge in [0.25, 0.3) is 11.6 Å². The topological polar surface area (TPSA) is 75.9 Å². The number of halogens is 1. The first-order chi connectivity index (χ1) is 13.4. The highest BCUT2D eigenvalue weighted by molar-refractivity contribution is 5.96. The molecule has 1 aliphatic rings. The average Bonchev–Trinajstić information content (AvgIpc) is 2.73. The fraction of sp³-hybridized carbons (Fsp3) is 0.350. The normalized spacial score (nSPS) is 15.2. The predicted molar refractivity (Wildman–Crippen MR) is 103 cm³/mol. The van der Waals surface area contributed by atoms with Gasteiger partial charge in [0.15, 0.2) is 0 Å². The fourth-order valence-corrected chi connectivity index (χ4v) is 3.22. The quantitative estimate of drug-likeness (QED) is 0.581. The van der Waals surface area contributed by atoms with Crippen LogP contribution in [-0.4, -0.2) is 49.1 Å². The van der Waals surface area contributed by atoms with E-state index >= 15 is 0 Å². The molecule has 1 saturated heterocycles. The van der Waals surface area contributed by atoms with E-state index in [-0.39, 0.29) is 29.0 Å². The summed E-state index contributed by atoms with van der Waals surface area (Å²) in [5.74, 6) is -0.687. The molecule has 28 heavy (non-hydrogen) atoms. The van der Waals surface area contributed by atoms with Gasteiger partial charge in [-0.05, 0) is 36.8 Å². The maximum absolute atomic E-state index is 13.1. The van der Waals surface area contributed by atoms with Crippen LogP contribution in [0.5, 0.6) is 0 Å². The van der Waals surface area contributed by atoms with Gasteiger partial charge in [-0.2, -0.15) is 0 Å². The molecule has 3 rings (SSSR count). The van der Waals surface area contributed by atoms with Crippen LogP contribution in [-0.2, 0) is 4.74 Å². The zero-order valence-corrected chi connectivity index (χ0v) is 15.8. The van der Waals surface area contributed by atoms with Crippen LogP contribution < -0.4 is 4.90 Å².